The van der Waals surface area contributed by atoms with E-state index < -0.39 is 6.04 Å². The largest absolute Gasteiger partial charge is 0.352 e. The Kier molecular flexibility index (Phi) is 7.55. The molecule has 112 valence electrons. The average Bonchev–Trinajstić information content (AvgIpc) is 2.40. The van der Waals surface area contributed by atoms with Gasteiger partial charge in [0, 0.05) is 6.04 Å². The number of amides is 1. The van der Waals surface area contributed by atoms with Crippen LogP contribution in [0, 0.1) is 5.82 Å². The number of halogens is 2. The molecule has 0 aliphatic carbocycles. The van der Waals surface area contributed by atoms with Crippen LogP contribution >= 0.6 is 27.7 Å². The summed E-state index contributed by atoms with van der Waals surface area (Å²) in [6.45, 7) is 1.91. The predicted molar refractivity (Wildman–Crippen MR) is 86.4 cm³/mol. The van der Waals surface area contributed by atoms with Crippen LogP contribution in [0.4, 0.5) is 4.39 Å². The Balaban J connectivity index is 2.48. The minimum Gasteiger partial charge on any atom is -0.352 e. The molecule has 0 saturated carbocycles. The van der Waals surface area contributed by atoms with Gasteiger partial charge in [0.25, 0.3) is 0 Å². The van der Waals surface area contributed by atoms with Crippen molar-refractivity contribution < 1.29 is 9.18 Å². The molecule has 0 aliphatic rings. The Hall–Kier alpha value is -0.590. The van der Waals surface area contributed by atoms with Crippen molar-refractivity contribution in [3.8, 4) is 0 Å². The van der Waals surface area contributed by atoms with Crippen LogP contribution < -0.4 is 11.1 Å². The van der Waals surface area contributed by atoms with Crippen LogP contribution in [0.5, 0.6) is 0 Å². The van der Waals surface area contributed by atoms with E-state index in [2.05, 4.69) is 21.2 Å². The van der Waals surface area contributed by atoms with Gasteiger partial charge in [-0.25, -0.2) is 4.39 Å². The van der Waals surface area contributed by atoms with Gasteiger partial charge in [0.2, 0.25) is 5.91 Å². The molecule has 1 rings (SSSR count). The molecule has 1 unspecified atom stereocenters. The Labute approximate surface area is 132 Å². The molecule has 2 atom stereocenters. The zero-order valence-electron chi connectivity index (χ0n) is 11.7. The zero-order chi connectivity index (χ0) is 15.1. The van der Waals surface area contributed by atoms with E-state index in [-0.39, 0.29) is 17.8 Å². The maximum atomic E-state index is 13.1. The first kappa shape index (κ1) is 17.5. The number of thioether (sulfide) groups is 1. The van der Waals surface area contributed by atoms with Crippen molar-refractivity contribution in [3.05, 3.63) is 34.1 Å². The maximum absolute atomic E-state index is 13.1. The first-order chi connectivity index (χ1) is 9.43. The molecule has 3 nitrogen and oxygen atoms in total. The summed E-state index contributed by atoms with van der Waals surface area (Å²) in [6.07, 6.45) is 3.29. The van der Waals surface area contributed by atoms with Gasteiger partial charge in [-0.15, -0.1) is 0 Å². The van der Waals surface area contributed by atoms with Gasteiger partial charge in [-0.3, -0.25) is 4.79 Å². The maximum Gasteiger partial charge on any atom is 0.237 e. The van der Waals surface area contributed by atoms with E-state index in [1.165, 1.54) is 6.07 Å². The van der Waals surface area contributed by atoms with E-state index in [9.17, 15) is 9.18 Å². The van der Waals surface area contributed by atoms with E-state index in [1.807, 2.05) is 13.2 Å². The third kappa shape index (κ3) is 5.81. The number of hydrogen-bond donors (Lipinski definition) is 2. The topological polar surface area (TPSA) is 55.1 Å². The number of nitrogens with two attached hydrogens (primary N) is 1. The van der Waals surface area contributed by atoms with Crippen molar-refractivity contribution in [1.82, 2.24) is 5.32 Å². The van der Waals surface area contributed by atoms with Gasteiger partial charge in [-0.1, -0.05) is 6.07 Å². The summed E-state index contributed by atoms with van der Waals surface area (Å²) in [5.41, 5.74) is 6.77. The standard InChI is InChI=1S/C14H20BrFN2OS/c1-9(18-14(19)13(17)5-6-20-2)7-10-3-4-12(16)11(15)8-10/h3-4,8-9,13H,5-7,17H2,1-2H3,(H,18,19)/t9?,13-/m0/s1. The summed E-state index contributed by atoms with van der Waals surface area (Å²) in [5.74, 6) is 0.450. The fraction of sp³-hybridized carbons (Fsp3) is 0.500. The minimum absolute atomic E-state index is 0.0415. The smallest absolute Gasteiger partial charge is 0.237 e. The lowest BCUT2D eigenvalue weighted by Gasteiger charge is -2.17. The number of hydrogen-bond acceptors (Lipinski definition) is 3. The molecule has 20 heavy (non-hydrogen) atoms. The van der Waals surface area contributed by atoms with Crippen molar-refractivity contribution in [1.29, 1.82) is 0 Å². The molecule has 1 aromatic carbocycles. The summed E-state index contributed by atoms with van der Waals surface area (Å²) >= 11 is 4.82. The van der Waals surface area contributed by atoms with Crippen LogP contribution in [-0.2, 0) is 11.2 Å². The lowest BCUT2D eigenvalue weighted by atomic mass is 10.1. The van der Waals surface area contributed by atoms with Crippen LogP contribution in [0.1, 0.15) is 18.9 Å². The molecule has 0 spiro atoms. The molecule has 0 radical (unpaired) electrons. The Morgan fingerprint density at radius 2 is 2.25 bits per heavy atom. The molecule has 1 amide bonds. The molecule has 0 aromatic heterocycles. The van der Waals surface area contributed by atoms with Crippen LogP contribution in [0.2, 0.25) is 0 Å². The fourth-order valence-corrected chi connectivity index (χ4v) is 2.71. The number of carbonyl (C=O) groups is 1. The van der Waals surface area contributed by atoms with Crippen LogP contribution in [0.25, 0.3) is 0 Å². The number of rotatable bonds is 7. The van der Waals surface area contributed by atoms with Gasteiger partial charge >= 0.3 is 0 Å². The van der Waals surface area contributed by atoms with E-state index in [0.717, 1.165) is 11.3 Å². The van der Waals surface area contributed by atoms with Crippen molar-refractivity contribution in [2.75, 3.05) is 12.0 Å². The molecule has 0 bridgehead atoms. The second-order valence-corrected chi connectivity index (χ2v) is 6.59. The molecule has 0 heterocycles. The van der Waals surface area contributed by atoms with E-state index in [1.54, 1.807) is 23.9 Å². The highest BCUT2D eigenvalue weighted by Crippen LogP contribution is 2.17. The molecule has 0 saturated heterocycles. The van der Waals surface area contributed by atoms with E-state index >= 15 is 0 Å². The lowest BCUT2D eigenvalue weighted by Crippen LogP contribution is -2.45. The Morgan fingerprint density at radius 3 is 2.85 bits per heavy atom. The van der Waals surface area contributed by atoms with Crippen LogP contribution in [0.15, 0.2) is 22.7 Å². The van der Waals surface area contributed by atoms with Gasteiger partial charge in [0.15, 0.2) is 0 Å². The first-order valence-electron chi connectivity index (χ1n) is 6.43. The van der Waals surface area contributed by atoms with Gasteiger partial charge in [0.05, 0.1) is 10.5 Å². The summed E-state index contributed by atoms with van der Waals surface area (Å²) in [4.78, 5) is 11.9. The normalized spacial score (nSPS) is 13.8. The van der Waals surface area contributed by atoms with Gasteiger partial charge < -0.3 is 11.1 Å². The molecule has 0 fully saturated rings. The highest BCUT2D eigenvalue weighted by Gasteiger charge is 2.15. The summed E-state index contributed by atoms with van der Waals surface area (Å²) < 4.78 is 13.6. The predicted octanol–water partition coefficient (Wildman–Crippen LogP) is 2.72. The summed E-state index contributed by atoms with van der Waals surface area (Å²) in [5, 5.41) is 2.89. The third-order valence-corrected chi connectivity index (χ3v) is 4.14. The van der Waals surface area contributed by atoms with Crippen LogP contribution in [-0.4, -0.2) is 30.0 Å². The quantitative estimate of drug-likeness (QED) is 0.783. The average molecular weight is 363 g/mol. The molecule has 6 heteroatoms. The van der Waals surface area contributed by atoms with Crippen LogP contribution in [0.3, 0.4) is 0 Å². The van der Waals surface area contributed by atoms with Gasteiger partial charge in [0.1, 0.15) is 5.82 Å². The van der Waals surface area contributed by atoms with Gasteiger partial charge in [-0.2, -0.15) is 11.8 Å². The molecule has 3 N–H and O–H groups in total. The minimum atomic E-state index is -0.468. The van der Waals surface area contributed by atoms with Crippen molar-refractivity contribution in [3.63, 3.8) is 0 Å². The molecule has 1 aromatic rings. The SMILES string of the molecule is CSCC[C@H](N)C(=O)NC(C)Cc1ccc(F)c(Br)c1. The highest BCUT2D eigenvalue weighted by atomic mass is 79.9. The van der Waals surface area contributed by atoms with Gasteiger partial charge in [-0.05, 0) is 65.4 Å². The monoisotopic (exact) mass is 362 g/mol. The zero-order valence-corrected chi connectivity index (χ0v) is 14.1. The fourth-order valence-electron chi connectivity index (χ4n) is 1.80. The Morgan fingerprint density at radius 1 is 1.55 bits per heavy atom. The number of benzene rings is 1. The van der Waals surface area contributed by atoms with Crippen molar-refractivity contribution >= 4 is 33.6 Å². The number of carbonyl (C=O) groups excluding carboxylic acids is 1. The number of nitrogens with one attached hydrogen (secondary N) is 1. The first-order valence-corrected chi connectivity index (χ1v) is 8.61. The molecule has 0 aliphatic heterocycles. The Bertz CT molecular complexity index is 459. The van der Waals surface area contributed by atoms with E-state index in [4.69, 9.17) is 5.73 Å². The lowest BCUT2D eigenvalue weighted by molar-refractivity contribution is -0.122. The van der Waals surface area contributed by atoms with E-state index in [0.29, 0.717) is 17.3 Å². The second-order valence-electron chi connectivity index (χ2n) is 4.75. The summed E-state index contributed by atoms with van der Waals surface area (Å²) in [7, 11) is 0. The second kappa shape index (κ2) is 8.64. The third-order valence-electron chi connectivity index (χ3n) is 2.88. The van der Waals surface area contributed by atoms with Crippen molar-refractivity contribution in [2.45, 2.75) is 31.8 Å². The highest BCUT2D eigenvalue weighted by molar-refractivity contribution is 9.10. The summed E-state index contributed by atoms with van der Waals surface area (Å²) in [6, 6.07) is 4.35. The van der Waals surface area contributed by atoms with Crippen molar-refractivity contribution in [2.24, 2.45) is 5.73 Å². The molecular formula is C14H20BrFN2OS. The molecular weight excluding hydrogens is 343 g/mol.